The number of methoxy groups -OCH3 is 1. The first-order valence-electron chi connectivity index (χ1n) is 7.38. The molecule has 6 nitrogen and oxygen atoms in total. The molecule has 0 aliphatic heterocycles. The molecule has 0 bridgehead atoms. The van der Waals surface area contributed by atoms with Crippen LogP contribution in [0.5, 0.6) is 5.75 Å². The van der Waals surface area contributed by atoms with E-state index in [4.69, 9.17) is 32.7 Å². The first-order chi connectivity index (χ1) is 12.0. The van der Waals surface area contributed by atoms with Crippen LogP contribution in [-0.4, -0.2) is 29.5 Å². The number of esters is 1. The number of carbonyl (C=O) groups is 2. The van der Waals surface area contributed by atoms with E-state index >= 15 is 0 Å². The standard InChI is InChI=1S/C16H16Cl2N2O4S/c1-3-11(24-16(22)13-12(17)14(18)25-20-13)15(21)19-8-9-4-6-10(23-2)7-5-9/h4-7,11H,3,8H2,1-2H3,(H,19,21). The molecular formula is C16H16Cl2N2O4S. The Bertz CT molecular complexity index is 749. The molecule has 1 N–H and O–H groups in total. The molecule has 0 radical (unpaired) electrons. The smallest absolute Gasteiger partial charge is 0.360 e. The van der Waals surface area contributed by atoms with Gasteiger partial charge in [0.25, 0.3) is 5.91 Å². The summed E-state index contributed by atoms with van der Waals surface area (Å²) in [5.74, 6) is -0.446. The predicted molar refractivity (Wildman–Crippen MR) is 96.5 cm³/mol. The van der Waals surface area contributed by atoms with Gasteiger partial charge >= 0.3 is 5.97 Å². The number of aromatic nitrogens is 1. The second kappa shape index (κ2) is 9.03. The molecule has 0 saturated heterocycles. The molecule has 9 heteroatoms. The van der Waals surface area contributed by atoms with Gasteiger partial charge in [0.15, 0.2) is 11.8 Å². The van der Waals surface area contributed by atoms with Gasteiger partial charge in [-0.1, -0.05) is 42.3 Å². The molecule has 25 heavy (non-hydrogen) atoms. The zero-order valence-electron chi connectivity index (χ0n) is 13.5. The number of benzene rings is 1. The van der Waals surface area contributed by atoms with Crippen LogP contribution in [0.25, 0.3) is 0 Å². The van der Waals surface area contributed by atoms with E-state index in [1.807, 2.05) is 12.1 Å². The van der Waals surface area contributed by atoms with Gasteiger partial charge in [-0.25, -0.2) is 4.79 Å². The number of nitrogens with one attached hydrogen (secondary N) is 1. The fourth-order valence-corrected chi connectivity index (χ4v) is 2.92. The summed E-state index contributed by atoms with van der Waals surface area (Å²) >= 11 is 12.5. The molecule has 1 aromatic heterocycles. The van der Waals surface area contributed by atoms with Crippen molar-refractivity contribution >= 4 is 46.6 Å². The topological polar surface area (TPSA) is 77.5 Å². The van der Waals surface area contributed by atoms with Crippen molar-refractivity contribution in [1.29, 1.82) is 0 Å². The van der Waals surface area contributed by atoms with Crippen molar-refractivity contribution in [3.05, 3.63) is 44.9 Å². The summed E-state index contributed by atoms with van der Waals surface area (Å²) in [5, 5.41) is 2.76. The molecule has 0 spiro atoms. The van der Waals surface area contributed by atoms with Crippen molar-refractivity contribution in [2.24, 2.45) is 0 Å². The fraction of sp³-hybridized carbons (Fsp3) is 0.312. The molecule has 2 rings (SSSR count). The van der Waals surface area contributed by atoms with E-state index in [0.29, 0.717) is 13.0 Å². The number of amides is 1. The van der Waals surface area contributed by atoms with Gasteiger partial charge in [0.05, 0.1) is 7.11 Å². The predicted octanol–water partition coefficient (Wildman–Crippen LogP) is 3.71. The largest absolute Gasteiger partial charge is 0.497 e. The second-order valence-electron chi connectivity index (χ2n) is 4.99. The van der Waals surface area contributed by atoms with Crippen molar-refractivity contribution < 1.29 is 19.1 Å². The highest BCUT2D eigenvalue weighted by Gasteiger charge is 2.25. The molecule has 1 heterocycles. The summed E-state index contributed by atoms with van der Waals surface area (Å²) in [6.07, 6.45) is -0.627. The minimum Gasteiger partial charge on any atom is -0.497 e. The zero-order chi connectivity index (χ0) is 18.4. The molecule has 1 atom stereocenters. The second-order valence-corrected chi connectivity index (χ2v) is 6.74. The van der Waals surface area contributed by atoms with Gasteiger partial charge in [0, 0.05) is 6.54 Å². The number of nitrogens with zero attached hydrogens (tertiary/aromatic N) is 1. The third-order valence-electron chi connectivity index (χ3n) is 3.33. The lowest BCUT2D eigenvalue weighted by molar-refractivity contribution is -0.130. The van der Waals surface area contributed by atoms with E-state index in [1.54, 1.807) is 26.2 Å². The van der Waals surface area contributed by atoms with E-state index in [2.05, 4.69) is 9.69 Å². The number of halogens is 2. The average Bonchev–Trinajstić information content (AvgIpc) is 2.97. The van der Waals surface area contributed by atoms with Crippen LogP contribution in [0.15, 0.2) is 24.3 Å². The maximum atomic E-state index is 12.2. The van der Waals surface area contributed by atoms with E-state index < -0.39 is 18.0 Å². The Kier molecular flexibility index (Phi) is 7.04. The van der Waals surface area contributed by atoms with Gasteiger partial charge in [0.2, 0.25) is 0 Å². The summed E-state index contributed by atoms with van der Waals surface area (Å²) < 4.78 is 14.3. The summed E-state index contributed by atoms with van der Waals surface area (Å²) in [4.78, 5) is 24.3. The van der Waals surface area contributed by atoms with Gasteiger partial charge in [0.1, 0.15) is 15.1 Å². The molecule has 1 aromatic carbocycles. The molecule has 0 aliphatic rings. The van der Waals surface area contributed by atoms with Crippen LogP contribution in [0.1, 0.15) is 29.4 Å². The number of hydrogen-bond acceptors (Lipinski definition) is 6. The molecular weight excluding hydrogens is 387 g/mol. The minimum atomic E-state index is -0.942. The molecule has 0 aliphatic carbocycles. The highest BCUT2D eigenvalue weighted by Crippen LogP contribution is 2.30. The van der Waals surface area contributed by atoms with Gasteiger partial charge in [-0.3, -0.25) is 4.79 Å². The van der Waals surface area contributed by atoms with Crippen LogP contribution >= 0.6 is 34.7 Å². The number of carbonyl (C=O) groups excluding carboxylic acids is 2. The quantitative estimate of drug-likeness (QED) is 0.714. The van der Waals surface area contributed by atoms with Crippen molar-refractivity contribution in [2.45, 2.75) is 26.0 Å². The molecule has 1 amide bonds. The average molecular weight is 403 g/mol. The minimum absolute atomic E-state index is 0.0326. The van der Waals surface area contributed by atoms with Crippen LogP contribution in [-0.2, 0) is 16.1 Å². The molecule has 0 fully saturated rings. The summed E-state index contributed by atoms with van der Waals surface area (Å²) in [5.41, 5.74) is 0.808. The monoisotopic (exact) mass is 402 g/mol. The Labute approximate surface area is 159 Å². The van der Waals surface area contributed by atoms with E-state index in [0.717, 1.165) is 22.8 Å². The zero-order valence-corrected chi connectivity index (χ0v) is 15.9. The normalized spacial score (nSPS) is 11.7. The molecule has 2 aromatic rings. The van der Waals surface area contributed by atoms with Crippen LogP contribution in [0.4, 0.5) is 0 Å². The van der Waals surface area contributed by atoms with Gasteiger partial charge in [-0.05, 0) is 35.6 Å². The number of hydrogen-bond donors (Lipinski definition) is 1. The van der Waals surface area contributed by atoms with E-state index in [-0.39, 0.29) is 15.1 Å². The van der Waals surface area contributed by atoms with E-state index in [1.165, 1.54) is 0 Å². The van der Waals surface area contributed by atoms with Gasteiger partial charge in [-0.15, -0.1) is 0 Å². The lowest BCUT2D eigenvalue weighted by Crippen LogP contribution is -2.37. The van der Waals surface area contributed by atoms with Crippen LogP contribution in [0.3, 0.4) is 0 Å². The lowest BCUT2D eigenvalue weighted by Gasteiger charge is -2.15. The lowest BCUT2D eigenvalue weighted by atomic mass is 10.2. The summed E-state index contributed by atoms with van der Waals surface area (Å²) in [7, 11) is 1.58. The SMILES string of the molecule is CCC(OC(=O)c1nsc(Cl)c1Cl)C(=O)NCc1ccc(OC)cc1. The molecule has 134 valence electrons. The van der Waals surface area contributed by atoms with Crippen molar-refractivity contribution in [1.82, 2.24) is 9.69 Å². The first-order valence-corrected chi connectivity index (χ1v) is 8.91. The van der Waals surface area contributed by atoms with Crippen LogP contribution in [0.2, 0.25) is 9.36 Å². The van der Waals surface area contributed by atoms with Gasteiger partial charge in [-0.2, -0.15) is 4.37 Å². The van der Waals surface area contributed by atoms with Crippen LogP contribution in [0, 0.1) is 0 Å². The van der Waals surface area contributed by atoms with Crippen molar-refractivity contribution in [3.8, 4) is 5.75 Å². The Morgan fingerprint density at radius 3 is 2.48 bits per heavy atom. The van der Waals surface area contributed by atoms with Crippen molar-refractivity contribution in [2.75, 3.05) is 7.11 Å². The molecule has 0 saturated carbocycles. The van der Waals surface area contributed by atoms with Crippen LogP contribution < -0.4 is 10.1 Å². The van der Waals surface area contributed by atoms with Gasteiger partial charge < -0.3 is 14.8 Å². The van der Waals surface area contributed by atoms with Crippen molar-refractivity contribution in [3.63, 3.8) is 0 Å². The Hall–Kier alpha value is -1.83. The number of rotatable bonds is 7. The maximum Gasteiger partial charge on any atom is 0.360 e. The highest BCUT2D eigenvalue weighted by atomic mass is 35.5. The highest BCUT2D eigenvalue weighted by molar-refractivity contribution is 7.11. The third kappa shape index (κ3) is 5.07. The molecule has 1 unspecified atom stereocenters. The Morgan fingerprint density at radius 1 is 1.28 bits per heavy atom. The van der Waals surface area contributed by atoms with E-state index in [9.17, 15) is 9.59 Å². The summed E-state index contributed by atoms with van der Waals surface area (Å²) in [6.45, 7) is 2.04. The number of ether oxygens (including phenoxy) is 2. The Morgan fingerprint density at radius 2 is 1.96 bits per heavy atom. The first kappa shape index (κ1) is 19.5. The third-order valence-corrected chi connectivity index (χ3v) is 4.94. The fourth-order valence-electron chi connectivity index (χ4n) is 1.94. The summed E-state index contributed by atoms with van der Waals surface area (Å²) in [6, 6.07) is 7.27. The Balaban J connectivity index is 1.93. The maximum absolute atomic E-state index is 12.2.